The number of rotatable bonds is 8. The first kappa shape index (κ1) is 29.4. The number of unbranched alkanes of at least 4 members (excludes halogenated alkanes) is 1. The second-order valence-electron chi connectivity index (χ2n) is 8.27. The summed E-state index contributed by atoms with van der Waals surface area (Å²) in [5, 5.41) is 2.92. The molecular formula is C30H38N2O5. The molecule has 4 rings (SSSR count). The van der Waals surface area contributed by atoms with Crippen molar-refractivity contribution in [3.8, 4) is 11.5 Å². The standard InChI is InChI=1S/C24H22N2O5.C4H10.C2H6/c1-16(18-9-10-20-21(14-18)31-15-30-20)25-22(27)11-13-26-12-5-8-19(24(26)29)23(28)17-6-3-2-4-7-17;1-3-4-2;1-2/h2-10,12,14,16H,11,13,15H2,1H3,(H,25,27);3-4H2,1-2H3;1-2H3/t16-;;/m0../s1. The van der Waals surface area contributed by atoms with Crippen LogP contribution in [-0.2, 0) is 11.3 Å². The molecule has 198 valence electrons. The largest absolute Gasteiger partial charge is 0.454 e. The van der Waals surface area contributed by atoms with Crippen LogP contribution in [-0.4, -0.2) is 23.1 Å². The van der Waals surface area contributed by atoms with Crippen molar-refractivity contribution in [1.82, 2.24) is 9.88 Å². The predicted molar refractivity (Wildman–Crippen MR) is 146 cm³/mol. The topological polar surface area (TPSA) is 86.6 Å². The molecule has 1 aromatic heterocycles. The monoisotopic (exact) mass is 506 g/mol. The molecule has 2 heterocycles. The molecule has 0 aliphatic carbocycles. The van der Waals surface area contributed by atoms with Crippen molar-refractivity contribution in [2.45, 2.75) is 66.5 Å². The third-order valence-electron chi connectivity index (χ3n) is 5.65. The van der Waals surface area contributed by atoms with Gasteiger partial charge in [0.2, 0.25) is 12.7 Å². The van der Waals surface area contributed by atoms with Gasteiger partial charge in [0.1, 0.15) is 0 Å². The van der Waals surface area contributed by atoms with Crippen molar-refractivity contribution in [3.63, 3.8) is 0 Å². The van der Waals surface area contributed by atoms with Crippen molar-refractivity contribution in [1.29, 1.82) is 0 Å². The Hall–Kier alpha value is -3.87. The Kier molecular flexibility index (Phi) is 12.1. The van der Waals surface area contributed by atoms with Gasteiger partial charge in [0.05, 0.1) is 11.6 Å². The van der Waals surface area contributed by atoms with E-state index < -0.39 is 5.56 Å². The van der Waals surface area contributed by atoms with Crippen LogP contribution < -0.4 is 20.3 Å². The number of benzene rings is 2. The summed E-state index contributed by atoms with van der Waals surface area (Å²) in [7, 11) is 0. The second kappa shape index (κ2) is 15.3. The highest BCUT2D eigenvalue weighted by Crippen LogP contribution is 2.34. The first-order chi connectivity index (χ1) is 17.9. The molecule has 1 aliphatic rings. The number of carbonyl (C=O) groups excluding carboxylic acids is 2. The molecule has 1 atom stereocenters. The molecule has 3 aromatic rings. The minimum atomic E-state index is -0.409. The van der Waals surface area contributed by atoms with Gasteiger partial charge in [-0.25, -0.2) is 0 Å². The van der Waals surface area contributed by atoms with Gasteiger partial charge in [-0.05, 0) is 36.8 Å². The first-order valence-electron chi connectivity index (χ1n) is 12.9. The number of hydrogen-bond donors (Lipinski definition) is 1. The van der Waals surface area contributed by atoms with Crippen molar-refractivity contribution in [3.05, 3.63) is 93.9 Å². The summed E-state index contributed by atoms with van der Waals surface area (Å²) >= 11 is 0. The molecular weight excluding hydrogens is 468 g/mol. The number of aryl methyl sites for hydroxylation is 1. The van der Waals surface area contributed by atoms with Gasteiger partial charge in [-0.1, -0.05) is 76.9 Å². The zero-order valence-corrected chi connectivity index (χ0v) is 22.5. The van der Waals surface area contributed by atoms with Crippen LogP contribution in [0.4, 0.5) is 0 Å². The van der Waals surface area contributed by atoms with E-state index in [1.165, 1.54) is 23.5 Å². The van der Waals surface area contributed by atoms with E-state index in [0.29, 0.717) is 17.1 Å². The quantitative estimate of drug-likeness (QED) is 0.384. The third kappa shape index (κ3) is 8.34. The number of nitrogens with one attached hydrogen (secondary N) is 1. The average molecular weight is 507 g/mol. The third-order valence-corrected chi connectivity index (χ3v) is 5.65. The number of aromatic nitrogens is 1. The van der Waals surface area contributed by atoms with Gasteiger partial charge in [-0.15, -0.1) is 0 Å². The number of ether oxygens (including phenoxy) is 2. The number of amides is 1. The summed E-state index contributed by atoms with van der Waals surface area (Å²) in [5.74, 6) is 0.814. The van der Waals surface area contributed by atoms with Crippen molar-refractivity contribution < 1.29 is 19.1 Å². The van der Waals surface area contributed by atoms with Crippen LogP contribution in [0.3, 0.4) is 0 Å². The number of pyridine rings is 1. The molecule has 1 N–H and O–H groups in total. The highest BCUT2D eigenvalue weighted by molar-refractivity contribution is 6.08. The molecule has 7 heteroatoms. The maximum Gasteiger partial charge on any atom is 0.261 e. The maximum atomic E-state index is 12.7. The Labute approximate surface area is 219 Å². The summed E-state index contributed by atoms with van der Waals surface area (Å²) in [6.07, 6.45) is 4.33. The van der Waals surface area contributed by atoms with Crippen LogP contribution in [0.25, 0.3) is 0 Å². The fourth-order valence-electron chi connectivity index (χ4n) is 3.43. The van der Waals surface area contributed by atoms with Crippen LogP contribution in [0.15, 0.2) is 71.7 Å². The van der Waals surface area contributed by atoms with Crippen LogP contribution in [0.2, 0.25) is 0 Å². The number of ketones is 1. The molecule has 0 saturated heterocycles. The molecule has 0 bridgehead atoms. The zero-order valence-electron chi connectivity index (χ0n) is 22.5. The average Bonchev–Trinajstić information content (AvgIpc) is 3.42. The summed E-state index contributed by atoms with van der Waals surface area (Å²) in [5.41, 5.74) is 1.02. The van der Waals surface area contributed by atoms with Gasteiger partial charge in [0.15, 0.2) is 17.3 Å². The van der Waals surface area contributed by atoms with Gasteiger partial charge in [0, 0.05) is 24.7 Å². The number of nitrogens with zero attached hydrogens (tertiary/aromatic N) is 1. The summed E-state index contributed by atoms with van der Waals surface area (Å²) in [4.78, 5) is 37.8. The molecule has 37 heavy (non-hydrogen) atoms. The number of hydrogen-bond acceptors (Lipinski definition) is 5. The number of carbonyl (C=O) groups is 2. The fraction of sp³-hybridized carbons (Fsp3) is 0.367. The summed E-state index contributed by atoms with van der Waals surface area (Å²) in [6.45, 7) is 10.6. The van der Waals surface area contributed by atoms with E-state index in [9.17, 15) is 14.4 Å². The lowest BCUT2D eigenvalue weighted by Crippen LogP contribution is -2.31. The molecule has 0 radical (unpaired) electrons. The van der Waals surface area contributed by atoms with E-state index in [1.54, 1.807) is 36.5 Å². The van der Waals surface area contributed by atoms with Gasteiger partial charge in [-0.3, -0.25) is 14.4 Å². The van der Waals surface area contributed by atoms with Crippen LogP contribution in [0.1, 0.15) is 81.4 Å². The summed E-state index contributed by atoms with van der Waals surface area (Å²) in [6, 6.07) is 17.1. The Morgan fingerprint density at radius 2 is 1.62 bits per heavy atom. The van der Waals surface area contributed by atoms with E-state index in [4.69, 9.17) is 9.47 Å². The Balaban J connectivity index is 0.000000733. The molecule has 1 aliphatic heterocycles. The van der Waals surface area contributed by atoms with Crippen LogP contribution in [0.5, 0.6) is 11.5 Å². The van der Waals surface area contributed by atoms with Crippen molar-refractivity contribution >= 4 is 11.7 Å². The second-order valence-corrected chi connectivity index (χ2v) is 8.27. The minimum absolute atomic E-state index is 0.0860. The first-order valence-corrected chi connectivity index (χ1v) is 12.9. The van der Waals surface area contributed by atoms with Crippen molar-refractivity contribution in [2.24, 2.45) is 0 Å². The molecule has 0 spiro atoms. The zero-order chi connectivity index (χ0) is 27.2. The smallest absolute Gasteiger partial charge is 0.261 e. The van der Waals surface area contributed by atoms with E-state index >= 15 is 0 Å². The minimum Gasteiger partial charge on any atom is -0.454 e. The lowest BCUT2D eigenvalue weighted by atomic mass is 10.0. The lowest BCUT2D eigenvalue weighted by Gasteiger charge is -2.15. The summed E-state index contributed by atoms with van der Waals surface area (Å²) < 4.78 is 12.1. The fourth-order valence-corrected chi connectivity index (χ4v) is 3.43. The Morgan fingerprint density at radius 3 is 2.30 bits per heavy atom. The number of fused-ring (bicyclic) bond motifs is 1. The van der Waals surface area contributed by atoms with Crippen LogP contribution in [0, 0.1) is 0 Å². The lowest BCUT2D eigenvalue weighted by molar-refractivity contribution is -0.122. The molecule has 0 fully saturated rings. The molecule has 0 unspecified atom stereocenters. The highest BCUT2D eigenvalue weighted by Gasteiger charge is 2.18. The Bertz CT molecular complexity index is 1200. The molecule has 7 nitrogen and oxygen atoms in total. The van der Waals surface area contributed by atoms with E-state index in [2.05, 4.69) is 19.2 Å². The van der Waals surface area contributed by atoms with E-state index in [-0.39, 0.29) is 43.1 Å². The van der Waals surface area contributed by atoms with Crippen LogP contribution >= 0.6 is 0 Å². The van der Waals surface area contributed by atoms with E-state index in [1.807, 2.05) is 45.0 Å². The predicted octanol–water partition coefficient (Wildman–Crippen LogP) is 5.91. The van der Waals surface area contributed by atoms with Gasteiger partial charge < -0.3 is 19.4 Å². The molecule has 1 amide bonds. The molecule has 0 saturated carbocycles. The van der Waals surface area contributed by atoms with Gasteiger partial charge in [-0.2, -0.15) is 0 Å². The van der Waals surface area contributed by atoms with Gasteiger partial charge >= 0.3 is 0 Å². The van der Waals surface area contributed by atoms with Crippen molar-refractivity contribution in [2.75, 3.05) is 6.79 Å². The maximum absolute atomic E-state index is 12.7. The SMILES string of the molecule is CC.CCCC.C[C@H](NC(=O)CCn1cccc(C(=O)c2ccccc2)c1=O)c1ccc2c(c1)OCO2. The Morgan fingerprint density at radius 1 is 0.946 bits per heavy atom. The van der Waals surface area contributed by atoms with E-state index in [0.717, 1.165) is 5.56 Å². The highest BCUT2D eigenvalue weighted by atomic mass is 16.7. The van der Waals surface area contributed by atoms with Gasteiger partial charge in [0.25, 0.3) is 5.56 Å². The molecule has 2 aromatic carbocycles. The normalized spacial score (nSPS) is 11.8.